The van der Waals surface area contributed by atoms with Crippen LogP contribution < -0.4 is 5.73 Å². The van der Waals surface area contributed by atoms with Gasteiger partial charge in [-0.25, -0.2) is 0 Å². The number of benzene rings is 1. The molecule has 1 aromatic carbocycles. The first kappa shape index (κ1) is 11.2. The normalized spacial score (nSPS) is 13.3. The molecule has 0 bridgehead atoms. The molecule has 1 heterocycles. The van der Waals surface area contributed by atoms with Crippen molar-refractivity contribution in [3.8, 4) is 0 Å². The molecule has 16 heavy (non-hydrogen) atoms. The molecule has 1 atom stereocenters. The lowest BCUT2D eigenvalue weighted by atomic mass is 10.00. The minimum atomic E-state index is 0.395. The largest absolute Gasteiger partial charge is 0.358 e. The zero-order valence-corrected chi connectivity index (χ0v) is 10.5. The first-order valence-electron chi connectivity index (χ1n) is 5.84. The number of rotatable bonds is 2. The maximum atomic E-state index is 5.75. The highest BCUT2D eigenvalue weighted by Crippen LogP contribution is 2.30. The van der Waals surface area contributed by atoms with Crippen LogP contribution in [0.1, 0.15) is 35.2 Å². The summed E-state index contributed by atoms with van der Waals surface area (Å²) in [5, 5.41) is 1.37. The number of aromatic amines is 1. The summed E-state index contributed by atoms with van der Waals surface area (Å²) >= 11 is 0. The summed E-state index contributed by atoms with van der Waals surface area (Å²) in [6.07, 6.45) is 0. The van der Waals surface area contributed by atoms with Crippen molar-refractivity contribution in [3.05, 3.63) is 34.5 Å². The van der Waals surface area contributed by atoms with Gasteiger partial charge in [0.1, 0.15) is 0 Å². The fraction of sp³-hybridized carbons (Fsp3) is 0.429. The van der Waals surface area contributed by atoms with Crippen molar-refractivity contribution in [2.24, 2.45) is 5.73 Å². The molecule has 86 valence electrons. The summed E-state index contributed by atoms with van der Waals surface area (Å²) in [5.41, 5.74) is 12.3. The van der Waals surface area contributed by atoms with E-state index in [1.165, 1.54) is 33.3 Å². The Kier molecular flexibility index (Phi) is 2.76. The Hall–Kier alpha value is -1.28. The SMILES string of the molecule is Cc1ccc(C)c2c(C)c(C(C)CN)[nH]c12. The minimum Gasteiger partial charge on any atom is -0.358 e. The van der Waals surface area contributed by atoms with Crippen molar-refractivity contribution in [3.63, 3.8) is 0 Å². The second-order valence-electron chi connectivity index (χ2n) is 4.75. The standard InChI is InChI=1S/C14H20N2/c1-8-5-6-9(2)14-12(8)11(4)13(16-14)10(3)7-15/h5-6,10,16H,7,15H2,1-4H3. The Labute approximate surface area is 96.9 Å². The molecular weight excluding hydrogens is 196 g/mol. The molecule has 0 aliphatic rings. The average Bonchev–Trinajstić information content (AvgIpc) is 2.62. The van der Waals surface area contributed by atoms with Crippen LogP contribution in [0.5, 0.6) is 0 Å². The van der Waals surface area contributed by atoms with E-state index in [0.717, 1.165) is 0 Å². The summed E-state index contributed by atoms with van der Waals surface area (Å²) in [7, 11) is 0. The van der Waals surface area contributed by atoms with Crippen molar-refractivity contribution in [2.45, 2.75) is 33.6 Å². The van der Waals surface area contributed by atoms with E-state index in [9.17, 15) is 0 Å². The molecule has 0 spiro atoms. The lowest BCUT2D eigenvalue weighted by Gasteiger charge is -2.07. The third kappa shape index (κ3) is 1.54. The van der Waals surface area contributed by atoms with Crippen LogP contribution in [0.4, 0.5) is 0 Å². The molecule has 0 aliphatic carbocycles. The predicted molar refractivity (Wildman–Crippen MR) is 70.0 cm³/mol. The van der Waals surface area contributed by atoms with Gasteiger partial charge in [-0.1, -0.05) is 19.1 Å². The Balaban J connectivity index is 2.77. The van der Waals surface area contributed by atoms with Gasteiger partial charge >= 0.3 is 0 Å². The number of hydrogen-bond donors (Lipinski definition) is 2. The highest BCUT2D eigenvalue weighted by atomic mass is 14.7. The molecule has 0 saturated carbocycles. The zero-order valence-electron chi connectivity index (χ0n) is 10.5. The van der Waals surface area contributed by atoms with Crippen molar-refractivity contribution >= 4 is 10.9 Å². The number of H-pyrrole nitrogens is 1. The van der Waals surface area contributed by atoms with Gasteiger partial charge in [0.25, 0.3) is 0 Å². The third-order valence-electron chi connectivity index (χ3n) is 3.51. The van der Waals surface area contributed by atoms with Crippen LogP contribution in [-0.4, -0.2) is 11.5 Å². The molecule has 2 aromatic rings. The smallest absolute Gasteiger partial charge is 0.0491 e. The molecule has 1 unspecified atom stereocenters. The minimum absolute atomic E-state index is 0.395. The van der Waals surface area contributed by atoms with Crippen LogP contribution >= 0.6 is 0 Å². The first-order valence-corrected chi connectivity index (χ1v) is 5.84. The Morgan fingerprint density at radius 2 is 1.81 bits per heavy atom. The van der Waals surface area contributed by atoms with Gasteiger partial charge in [0.05, 0.1) is 0 Å². The summed E-state index contributed by atoms with van der Waals surface area (Å²) in [4.78, 5) is 3.54. The lowest BCUT2D eigenvalue weighted by molar-refractivity contribution is 0.748. The lowest BCUT2D eigenvalue weighted by Crippen LogP contribution is -2.10. The highest BCUT2D eigenvalue weighted by molar-refractivity contribution is 5.90. The van der Waals surface area contributed by atoms with Crippen molar-refractivity contribution in [1.82, 2.24) is 4.98 Å². The molecule has 2 rings (SSSR count). The monoisotopic (exact) mass is 216 g/mol. The fourth-order valence-electron chi connectivity index (χ4n) is 2.43. The zero-order chi connectivity index (χ0) is 11.9. The van der Waals surface area contributed by atoms with E-state index in [2.05, 4.69) is 44.8 Å². The van der Waals surface area contributed by atoms with Crippen LogP contribution in [0, 0.1) is 20.8 Å². The topological polar surface area (TPSA) is 41.8 Å². The quantitative estimate of drug-likeness (QED) is 0.795. The summed E-state index contributed by atoms with van der Waals surface area (Å²) < 4.78 is 0. The van der Waals surface area contributed by atoms with Gasteiger partial charge in [-0.15, -0.1) is 0 Å². The predicted octanol–water partition coefficient (Wildman–Crippen LogP) is 3.16. The first-order chi connectivity index (χ1) is 7.56. The number of hydrogen-bond acceptors (Lipinski definition) is 1. The van der Waals surface area contributed by atoms with E-state index < -0.39 is 0 Å². The van der Waals surface area contributed by atoms with Crippen LogP contribution in [-0.2, 0) is 0 Å². The molecular formula is C14H20N2. The Morgan fingerprint density at radius 1 is 1.19 bits per heavy atom. The molecule has 0 amide bonds. The highest BCUT2D eigenvalue weighted by Gasteiger charge is 2.14. The molecule has 0 fully saturated rings. The van der Waals surface area contributed by atoms with E-state index in [-0.39, 0.29) is 0 Å². The third-order valence-corrected chi connectivity index (χ3v) is 3.51. The number of aryl methyl sites for hydroxylation is 3. The second kappa shape index (κ2) is 3.95. The molecule has 1 aromatic heterocycles. The van der Waals surface area contributed by atoms with Crippen molar-refractivity contribution in [1.29, 1.82) is 0 Å². The van der Waals surface area contributed by atoms with Gasteiger partial charge in [-0.05, 0) is 37.5 Å². The fourth-order valence-corrected chi connectivity index (χ4v) is 2.43. The maximum Gasteiger partial charge on any atom is 0.0491 e. The molecule has 0 aliphatic heterocycles. The van der Waals surface area contributed by atoms with E-state index in [1.54, 1.807) is 0 Å². The van der Waals surface area contributed by atoms with E-state index in [4.69, 9.17) is 5.73 Å². The number of nitrogens with one attached hydrogen (secondary N) is 1. The van der Waals surface area contributed by atoms with Crippen molar-refractivity contribution < 1.29 is 0 Å². The Morgan fingerprint density at radius 3 is 2.38 bits per heavy atom. The molecule has 2 nitrogen and oxygen atoms in total. The molecule has 3 N–H and O–H groups in total. The Bertz CT molecular complexity index is 523. The van der Waals surface area contributed by atoms with Gasteiger partial charge in [-0.3, -0.25) is 0 Å². The van der Waals surface area contributed by atoms with Crippen molar-refractivity contribution in [2.75, 3.05) is 6.54 Å². The average molecular weight is 216 g/mol. The number of aromatic nitrogens is 1. The molecule has 2 heteroatoms. The number of nitrogens with two attached hydrogens (primary N) is 1. The van der Waals surface area contributed by atoms with Crippen LogP contribution in [0.25, 0.3) is 10.9 Å². The van der Waals surface area contributed by atoms with Gasteiger partial charge in [0.15, 0.2) is 0 Å². The summed E-state index contributed by atoms with van der Waals surface area (Å²) in [6.45, 7) is 9.36. The number of fused-ring (bicyclic) bond motifs is 1. The van der Waals surface area contributed by atoms with Crippen LogP contribution in [0.15, 0.2) is 12.1 Å². The maximum absolute atomic E-state index is 5.75. The van der Waals surface area contributed by atoms with Gasteiger partial charge < -0.3 is 10.7 Å². The van der Waals surface area contributed by atoms with Crippen LogP contribution in [0.2, 0.25) is 0 Å². The summed E-state index contributed by atoms with van der Waals surface area (Å²) in [6, 6.07) is 4.36. The van der Waals surface area contributed by atoms with E-state index >= 15 is 0 Å². The molecule has 0 radical (unpaired) electrons. The second-order valence-corrected chi connectivity index (χ2v) is 4.75. The van der Waals surface area contributed by atoms with E-state index in [1.807, 2.05) is 0 Å². The van der Waals surface area contributed by atoms with E-state index in [0.29, 0.717) is 12.5 Å². The molecule has 0 saturated heterocycles. The van der Waals surface area contributed by atoms with Gasteiger partial charge in [0.2, 0.25) is 0 Å². The van der Waals surface area contributed by atoms with Gasteiger partial charge in [0, 0.05) is 29.1 Å². The van der Waals surface area contributed by atoms with Crippen LogP contribution in [0.3, 0.4) is 0 Å². The van der Waals surface area contributed by atoms with Gasteiger partial charge in [-0.2, -0.15) is 0 Å². The summed E-state index contributed by atoms with van der Waals surface area (Å²) in [5.74, 6) is 0.395.